The molecule has 0 fully saturated rings. The van der Waals surface area contributed by atoms with E-state index in [1.54, 1.807) is 50.2 Å². The van der Waals surface area contributed by atoms with Gasteiger partial charge in [0.2, 0.25) is 0 Å². The number of anilines is 2. The zero-order valence-electron chi connectivity index (χ0n) is 31.3. The van der Waals surface area contributed by atoms with Gasteiger partial charge in [0.25, 0.3) is 0 Å². The van der Waals surface area contributed by atoms with Crippen LogP contribution in [0.3, 0.4) is 0 Å². The zero-order valence-corrected chi connectivity index (χ0v) is 38.6. The summed E-state index contributed by atoms with van der Waals surface area (Å²) in [6.45, 7) is 3.38. The number of fused-ring (bicyclic) bond motifs is 2. The van der Waals surface area contributed by atoms with Gasteiger partial charge in [-0.25, -0.2) is 33.7 Å². The zero-order chi connectivity index (χ0) is 42.9. The van der Waals surface area contributed by atoms with Crippen LogP contribution >= 0.6 is 0 Å². The molecule has 0 saturated heterocycles. The van der Waals surface area contributed by atoms with Gasteiger partial charge in [-0.1, -0.05) is 24.3 Å². The second-order valence-electron chi connectivity index (χ2n) is 12.5. The number of nitrogen functional groups attached to an aromatic ring is 2. The van der Waals surface area contributed by atoms with E-state index in [0.29, 0.717) is 45.8 Å². The van der Waals surface area contributed by atoms with Gasteiger partial charge in [-0.3, -0.25) is 0 Å². The Hall–Kier alpha value is -4.12. The van der Waals surface area contributed by atoms with E-state index in [1.165, 1.54) is 0 Å². The summed E-state index contributed by atoms with van der Waals surface area (Å²) in [6.07, 6.45) is 0. The molecule has 6 aromatic carbocycles. The standard InChI is InChI=1S/C34H28N6O14S4.2Na/c1-15-11-17(3-7-21(15)37-39-23-9-5-19-25(55(43,44)45)13-27(57(49,50)51)31(35)29(19)33(23)41)18-4-8-22(16(2)12-18)38-40-24-10-6-20-26(56(46,47)48)14-28(58(52,53)54)32(36)30(20)34(24)42;;/h3-14,41-42H,35-36H2,1-2H3,(H,43,44,45)(H,46,47,48)(H,49,50,51)(H,52,53,54);;/q;2*+1/p-4. The van der Waals surface area contributed by atoms with Crippen molar-refractivity contribution in [2.75, 3.05) is 11.5 Å². The predicted molar refractivity (Wildman–Crippen MR) is 202 cm³/mol. The Morgan fingerprint density at radius 1 is 0.450 bits per heavy atom. The maximum Gasteiger partial charge on any atom is 1.00 e. The SMILES string of the molecule is Cc1cc(-c2ccc(N=Nc3ccc4c(S(=O)(=O)[O-])cc(S(=O)(=O)[O-])c(N)c4c3O)c(C)c2)ccc1N=Nc1ccc2c(S(=O)(=O)[O-])cc(S(=O)(=O)[O-])c(N)c2c1O.[Na+].[Na+]. The van der Waals surface area contributed by atoms with Gasteiger partial charge < -0.3 is 39.9 Å². The Kier molecular flexibility index (Phi) is 14.0. The number of phenolic OH excluding ortho intramolecular Hbond substituents is 2. The van der Waals surface area contributed by atoms with Crippen LogP contribution in [0, 0.1) is 13.8 Å². The Bertz CT molecular complexity index is 3090. The summed E-state index contributed by atoms with van der Waals surface area (Å²) in [5.74, 6) is -1.69. The molecular weight excluding hydrogens is 891 g/mol. The van der Waals surface area contributed by atoms with E-state index in [9.17, 15) is 62.1 Å². The second-order valence-corrected chi connectivity index (χ2v) is 17.9. The van der Waals surface area contributed by atoms with Crippen molar-refractivity contribution in [1.82, 2.24) is 0 Å². The average Bonchev–Trinajstić information content (AvgIpc) is 3.09. The molecule has 60 heavy (non-hydrogen) atoms. The Morgan fingerprint density at radius 3 is 1.02 bits per heavy atom. The van der Waals surface area contributed by atoms with Gasteiger partial charge in [-0.05, 0) is 84.6 Å². The number of aryl methyl sites for hydroxylation is 2. The van der Waals surface area contributed by atoms with Crippen LogP contribution in [0.1, 0.15) is 11.1 Å². The molecule has 0 unspecified atom stereocenters. The van der Waals surface area contributed by atoms with E-state index >= 15 is 0 Å². The largest absolute Gasteiger partial charge is 1.00 e. The van der Waals surface area contributed by atoms with E-state index in [4.69, 9.17) is 11.5 Å². The topological polar surface area (TPSA) is 371 Å². The van der Waals surface area contributed by atoms with Crippen LogP contribution < -0.4 is 70.6 Å². The molecule has 0 amide bonds. The number of azo groups is 2. The van der Waals surface area contributed by atoms with Crippen LogP contribution in [-0.4, -0.2) is 62.1 Å². The number of hydrogen-bond donors (Lipinski definition) is 4. The fraction of sp³-hybridized carbons (Fsp3) is 0.0588. The van der Waals surface area contributed by atoms with Crippen molar-refractivity contribution in [3.63, 3.8) is 0 Å². The van der Waals surface area contributed by atoms with E-state index in [0.717, 1.165) is 24.3 Å². The third kappa shape index (κ3) is 9.51. The van der Waals surface area contributed by atoms with E-state index in [1.807, 2.05) is 0 Å². The van der Waals surface area contributed by atoms with Crippen LogP contribution in [0.2, 0.25) is 0 Å². The molecule has 0 aromatic heterocycles. The molecule has 0 aliphatic carbocycles. The first-order chi connectivity index (χ1) is 26.8. The second kappa shape index (κ2) is 17.3. The molecule has 0 heterocycles. The number of benzene rings is 6. The van der Waals surface area contributed by atoms with Crippen LogP contribution in [0.25, 0.3) is 32.7 Å². The van der Waals surface area contributed by atoms with Crippen molar-refractivity contribution in [2.24, 2.45) is 20.5 Å². The number of rotatable bonds is 9. The van der Waals surface area contributed by atoms with Crippen molar-refractivity contribution < 1.29 is 121 Å². The fourth-order valence-electron chi connectivity index (χ4n) is 6.01. The van der Waals surface area contributed by atoms with Gasteiger partial charge in [-0.2, -0.15) is 10.2 Å². The van der Waals surface area contributed by atoms with Gasteiger partial charge in [0.15, 0.2) is 11.5 Å². The Balaban J connectivity index is 0.00000397. The first kappa shape index (κ1) is 48.5. The third-order valence-electron chi connectivity index (χ3n) is 8.77. The summed E-state index contributed by atoms with van der Waals surface area (Å²) in [6, 6.07) is 15.0. The predicted octanol–water partition coefficient (Wildman–Crippen LogP) is -0.692. The molecule has 0 radical (unpaired) electrons. The Morgan fingerprint density at radius 2 is 0.733 bits per heavy atom. The summed E-state index contributed by atoms with van der Waals surface area (Å²) >= 11 is 0. The first-order valence-electron chi connectivity index (χ1n) is 15.8. The maximum absolute atomic E-state index is 11.9. The molecule has 26 heteroatoms. The molecular formula is C34H24N6Na2O14S4-2. The van der Waals surface area contributed by atoms with E-state index < -0.39 is 104 Å². The molecule has 0 bridgehead atoms. The van der Waals surface area contributed by atoms with Gasteiger partial charge in [-0.15, -0.1) is 10.2 Å². The molecule has 6 rings (SSSR count). The van der Waals surface area contributed by atoms with Crippen LogP contribution in [-0.2, 0) is 40.5 Å². The van der Waals surface area contributed by atoms with Crippen molar-refractivity contribution in [2.45, 2.75) is 33.4 Å². The van der Waals surface area contributed by atoms with E-state index in [2.05, 4.69) is 20.5 Å². The van der Waals surface area contributed by atoms with Crippen molar-refractivity contribution in [3.8, 4) is 22.6 Å². The minimum atomic E-state index is -5.38. The average molecular weight is 915 g/mol. The number of nitrogens with zero attached hydrogens (tertiary/aromatic N) is 4. The number of phenols is 2. The molecule has 0 spiro atoms. The van der Waals surface area contributed by atoms with Crippen LogP contribution in [0.4, 0.5) is 34.1 Å². The molecule has 0 saturated carbocycles. The molecule has 6 N–H and O–H groups in total. The van der Waals surface area contributed by atoms with Gasteiger partial charge in [0, 0.05) is 10.8 Å². The molecule has 6 aromatic rings. The summed E-state index contributed by atoms with van der Waals surface area (Å²) < 4.78 is 142. The van der Waals surface area contributed by atoms with Crippen LogP contribution in [0.15, 0.2) is 113 Å². The van der Waals surface area contributed by atoms with Crippen LogP contribution in [0.5, 0.6) is 11.5 Å². The van der Waals surface area contributed by atoms with Crippen molar-refractivity contribution in [3.05, 3.63) is 83.9 Å². The monoisotopic (exact) mass is 914 g/mol. The first-order valence-corrected chi connectivity index (χ1v) is 21.5. The molecule has 0 aliphatic heterocycles. The summed E-state index contributed by atoms with van der Waals surface area (Å²) in [5.41, 5.74) is 12.6. The van der Waals surface area contributed by atoms with Gasteiger partial charge in [0.1, 0.15) is 51.8 Å². The molecule has 20 nitrogen and oxygen atoms in total. The maximum atomic E-state index is 11.9. The summed E-state index contributed by atoms with van der Waals surface area (Å²) in [5, 5.41) is 35.9. The molecule has 0 atom stereocenters. The number of hydrogen-bond acceptors (Lipinski definition) is 20. The van der Waals surface area contributed by atoms with E-state index in [-0.39, 0.29) is 70.5 Å². The quantitative estimate of drug-likeness (QED) is 0.0603. The van der Waals surface area contributed by atoms with Gasteiger partial charge in [0.05, 0.1) is 53.1 Å². The third-order valence-corrected chi connectivity index (χ3v) is 12.3. The van der Waals surface area contributed by atoms with Crippen molar-refractivity contribution >= 4 is 96.1 Å². The molecule has 302 valence electrons. The summed E-state index contributed by atoms with van der Waals surface area (Å²) in [4.78, 5) is -4.62. The number of aromatic hydroxyl groups is 2. The summed E-state index contributed by atoms with van der Waals surface area (Å²) in [7, 11) is -21.4. The fourth-order valence-corrected chi connectivity index (χ4v) is 8.83. The normalized spacial score (nSPS) is 12.6. The number of nitrogens with two attached hydrogens (primary N) is 2. The van der Waals surface area contributed by atoms with Gasteiger partial charge >= 0.3 is 59.1 Å². The minimum absolute atomic E-state index is 0. The van der Waals surface area contributed by atoms with Crippen molar-refractivity contribution in [1.29, 1.82) is 0 Å². The smallest absolute Gasteiger partial charge is 0.744 e. The Labute approximate surface area is 385 Å². The minimum Gasteiger partial charge on any atom is -0.744 e. The molecule has 0 aliphatic rings.